The zero-order valence-electron chi connectivity index (χ0n) is 21.4. The summed E-state index contributed by atoms with van der Waals surface area (Å²) in [7, 11) is -5.67. The van der Waals surface area contributed by atoms with Crippen LogP contribution in [-0.2, 0) is 39.2 Å². The molecule has 12 atom stereocenters. The van der Waals surface area contributed by atoms with Gasteiger partial charge in [0.2, 0.25) is 0 Å². The minimum Gasteiger partial charge on any atom is -0.458 e. The van der Waals surface area contributed by atoms with Gasteiger partial charge in [-0.15, -0.1) is 6.58 Å². The van der Waals surface area contributed by atoms with E-state index < -0.39 is 88.3 Å². The molecule has 18 nitrogen and oxygen atoms in total. The van der Waals surface area contributed by atoms with Gasteiger partial charge >= 0.3 is 14.5 Å². The van der Waals surface area contributed by atoms with E-state index in [1.807, 2.05) is 0 Å². The van der Waals surface area contributed by atoms with E-state index in [4.69, 9.17) is 29.3 Å². The van der Waals surface area contributed by atoms with Crippen LogP contribution in [0.1, 0.15) is 11.7 Å². The van der Waals surface area contributed by atoms with Crippen LogP contribution in [0.25, 0.3) is 11.1 Å². The number of ether oxygens (including phenoxy) is 2. The molecule has 23 heteroatoms. The van der Waals surface area contributed by atoms with Gasteiger partial charge in [-0.25, -0.2) is 27.6 Å². The van der Waals surface area contributed by atoms with Crippen molar-refractivity contribution < 1.29 is 81.0 Å². The molecule has 7 unspecified atom stereocenters. The number of fused-ring (bicyclic) bond motifs is 1. The number of phosphoric acid groups is 1. The summed E-state index contributed by atoms with van der Waals surface area (Å²) < 4.78 is 71.4. The lowest BCUT2D eigenvalue weighted by Gasteiger charge is -2.41. The Labute approximate surface area is 244 Å². The summed E-state index contributed by atoms with van der Waals surface area (Å²) in [5.74, 6) is -3.51. The van der Waals surface area contributed by atoms with Crippen LogP contribution in [0, 0.1) is 0 Å². The Morgan fingerprint density at radius 1 is 1.23 bits per heavy atom. The Bertz CT molecular complexity index is 1440. The molecule has 2 fully saturated rings. The third kappa shape index (κ3) is 6.54. The molecule has 43 heavy (non-hydrogen) atoms. The first-order valence-corrected chi connectivity index (χ1v) is 16.0. The number of aliphatic hydroxyl groups excluding tert-OH is 5. The molecule has 2 aromatic heterocycles. The molecule has 2 aliphatic heterocycles. The summed E-state index contributed by atoms with van der Waals surface area (Å²) in [6.07, 6.45) is -14.8. The lowest BCUT2D eigenvalue weighted by molar-refractivity contribution is -0.287. The summed E-state index contributed by atoms with van der Waals surface area (Å²) in [6, 6.07) is 0. The fraction of sp³-hybridized carbons (Fsp3) is 0.600. The molecular weight excluding hydrogens is 654 g/mol. The van der Waals surface area contributed by atoms with Gasteiger partial charge in [0.25, 0.3) is 5.85 Å². The van der Waals surface area contributed by atoms with Crippen LogP contribution in [0.15, 0.2) is 29.7 Å². The van der Waals surface area contributed by atoms with E-state index >= 15 is 4.39 Å². The molecule has 4 heterocycles. The summed E-state index contributed by atoms with van der Waals surface area (Å²) in [4.78, 5) is 28.1. The number of phosphoric ester groups is 1. The molecular formula is C20H27F2N3O15P2S. The van der Waals surface area contributed by atoms with E-state index in [0.29, 0.717) is 0 Å². The average molecular weight is 681 g/mol. The largest absolute Gasteiger partial charge is 0.481 e. The van der Waals surface area contributed by atoms with E-state index in [0.717, 1.165) is 18.7 Å². The molecule has 0 bridgehead atoms. The number of nitrogens with two attached hydrogens (primary N) is 1. The predicted molar refractivity (Wildman–Crippen MR) is 138 cm³/mol. The third-order valence-electron chi connectivity index (χ3n) is 6.60. The van der Waals surface area contributed by atoms with Crippen molar-refractivity contribution in [1.29, 1.82) is 0 Å². The SMILES string of the molecule is C=C[C@]1(O)[C@H](c2coc3c(N)ncnc23)O[C@](F)(COP(O)(=S)OP(=O)(O)OC2OC([C@@H](F)CO)C(O)C(O)C2O)[C@H]1O. The molecule has 10 N–H and O–H groups in total. The normalized spacial score (nSPS) is 38.4. The maximum Gasteiger partial charge on any atom is 0.481 e. The van der Waals surface area contributed by atoms with Gasteiger partial charge in [-0.1, -0.05) is 6.08 Å². The highest BCUT2D eigenvalue weighted by atomic mass is 32.5. The number of aliphatic hydroxyl groups is 6. The minimum absolute atomic E-state index is 0.0193. The molecule has 0 aliphatic carbocycles. The van der Waals surface area contributed by atoms with Crippen molar-refractivity contribution in [3.63, 3.8) is 0 Å². The molecule has 0 amide bonds. The molecule has 0 saturated carbocycles. The number of nitrogens with zero attached hydrogens (tertiary/aromatic N) is 2. The second kappa shape index (κ2) is 12.3. The second-order valence-electron chi connectivity index (χ2n) is 9.44. The number of rotatable bonds is 11. The number of anilines is 1. The third-order valence-corrected chi connectivity index (χ3v) is 10.1. The number of hydrogen-bond donors (Lipinski definition) is 9. The molecule has 2 saturated heterocycles. The Balaban J connectivity index is 1.48. The van der Waals surface area contributed by atoms with E-state index in [1.165, 1.54) is 0 Å². The number of nitrogen functional groups attached to an aromatic ring is 1. The molecule has 0 radical (unpaired) electrons. The fourth-order valence-electron chi connectivity index (χ4n) is 4.40. The molecule has 0 spiro atoms. The zero-order valence-corrected chi connectivity index (χ0v) is 24.0. The number of aromatic nitrogens is 2. The summed E-state index contributed by atoms with van der Waals surface area (Å²) in [5.41, 5.74) is 2.96. The maximum atomic E-state index is 15.9. The maximum absolute atomic E-state index is 15.9. The smallest absolute Gasteiger partial charge is 0.458 e. The van der Waals surface area contributed by atoms with Crippen molar-refractivity contribution in [3.05, 3.63) is 30.8 Å². The first-order chi connectivity index (χ1) is 19.9. The van der Waals surface area contributed by atoms with Crippen LogP contribution in [0.4, 0.5) is 14.6 Å². The lowest BCUT2D eigenvalue weighted by atomic mass is 9.87. The zero-order chi connectivity index (χ0) is 32.1. The standard InChI is InChI=1S/C20H27F2N3O15P2S/c1-2-19(31)15(7-4-35-14-9(7)24-6-25-16(14)23)38-20(22,18(19)30)5-36-42(34,43)40-41(32,33)39-17-12(29)10(27)11(28)13(37-17)8(21)3-26/h2,4,6,8,10-13,15,17-18,26-31H,1,3,5H2,(H,32,33)(H,34,43)(H2,23,24,25)/t8-,10?,11?,12?,13?,15-,17?,18-,19-,20+,42?/m0/s1. The monoisotopic (exact) mass is 681 g/mol. The van der Waals surface area contributed by atoms with Gasteiger partial charge in [0, 0.05) is 5.56 Å². The fourth-order valence-corrected chi connectivity index (χ4v) is 7.48. The van der Waals surface area contributed by atoms with Gasteiger partial charge in [-0.05, 0) is 11.8 Å². The number of furan rings is 1. The molecule has 4 rings (SSSR count). The first-order valence-electron chi connectivity index (χ1n) is 11.9. The van der Waals surface area contributed by atoms with Crippen molar-refractivity contribution in [3.8, 4) is 0 Å². The van der Waals surface area contributed by atoms with Gasteiger partial charge in [0.15, 0.2) is 30.0 Å². The second-order valence-corrected chi connectivity index (χ2v) is 13.8. The van der Waals surface area contributed by atoms with Gasteiger partial charge in [-0.2, -0.15) is 0 Å². The van der Waals surface area contributed by atoms with E-state index in [1.54, 1.807) is 0 Å². The predicted octanol–water partition coefficient (Wildman–Crippen LogP) is -1.67. The van der Waals surface area contributed by atoms with E-state index in [9.17, 15) is 44.3 Å². The number of hydrogen-bond acceptors (Lipinski definition) is 17. The highest BCUT2D eigenvalue weighted by molar-refractivity contribution is 8.08. The van der Waals surface area contributed by atoms with Crippen molar-refractivity contribution >= 4 is 43.3 Å². The minimum atomic E-state index is -5.67. The summed E-state index contributed by atoms with van der Waals surface area (Å²) >= 11 is 4.60. The summed E-state index contributed by atoms with van der Waals surface area (Å²) in [6.45, 7) is -4.40. The summed E-state index contributed by atoms with van der Waals surface area (Å²) in [5, 5.41) is 60.5. The highest BCUT2D eigenvalue weighted by Gasteiger charge is 2.64. The topological polar surface area (TPSA) is 290 Å². The Morgan fingerprint density at radius 2 is 1.91 bits per heavy atom. The number of alkyl halides is 2. The molecule has 2 aromatic rings. The van der Waals surface area contributed by atoms with Gasteiger partial charge in [0.05, 0.1) is 12.9 Å². The van der Waals surface area contributed by atoms with Crippen LogP contribution in [0.3, 0.4) is 0 Å². The quantitative estimate of drug-likeness (QED) is 0.0946. The van der Waals surface area contributed by atoms with Gasteiger partial charge < -0.3 is 64.6 Å². The van der Waals surface area contributed by atoms with Crippen molar-refractivity contribution in [1.82, 2.24) is 9.97 Å². The molecule has 0 aromatic carbocycles. The van der Waals surface area contributed by atoms with Crippen LogP contribution in [-0.4, -0.2) is 118 Å². The Kier molecular flexibility index (Phi) is 9.79. The van der Waals surface area contributed by atoms with E-state index in [2.05, 4.69) is 37.2 Å². The van der Waals surface area contributed by atoms with Crippen molar-refractivity contribution in [2.24, 2.45) is 0 Å². The van der Waals surface area contributed by atoms with Crippen LogP contribution in [0.5, 0.6) is 0 Å². The van der Waals surface area contributed by atoms with Gasteiger partial charge in [0.1, 0.15) is 54.6 Å². The molecule has 2 aliphatic rings. The van der Waals surface area contributed by atoms with Crippen LogP contribution >= 0.6 is 14.5 Å². The highest BCUT2D eigenvalue weighted by Crippen LogP contribution is 2.62. The lowest BCUT2D eigenvalue weighted by Crippen LogP contribution is -2.60. The van der Waals surface area contributed by atoms with Crippen LogP contribution in [0.2, 0.25) is 0 Å². The first kappa shape index (κ1) is 34.3. The van der Waals surface area contributed by atoms with Crippen LogP contribution < -0.4 is 5.73 Å². The van der Waals surface area contributed by atoms with Crippen molar-refractivity contribution in [2.45, 2.75) is 60.5 Å². The average Bonchev–Trinajstić information content (AvgIpc) is 3.46. The van der Waals surface area contributed by atoms with Gasteiger partial charge in [-0.3, -0.25) is 4.52 Å². The molecule has 242 valence electrons. The van der Waals surface area contributed by atoms with Crippen molar-refractivity contribution in [2.75, 3.05) is 18.9 Å². The number of halogens is 2. The Morgan fingerprint density at radius 3 is 2.53 bits per heavy atom. The Hall–Kier alpha value is -1.62. The van der Waals surface area contributed by atoms with E-state index in [-0.39, 0.29) is 22.5 Å².